The summed E-state index contributed by atoms with van der Waals surface area (Å²) in [4.78, 5) is 4.47. The fraction of sp³-hybridized carbons (Fsp3) is 0.750. The summed E-state index contributed by atoms with van der Waals surface area (Å²) < 4.78 is 25.0. The number of aromatic nitrogens is 2. The maximum atomic E-state index is 11.4. The van der Waals surface area contributed by atoms with E-state index in [9.17, 15) is 8.42 Å². The van der Waals surface area contributed by atoms with Crippen LogP contribution in [0.4, 0.5) is 5.95 Å². The Hall–Kier alpha value is -1.04. The molecule has 1 N–H and O–H groups in total. The van der Waals surface area contributed by atoms with E-state index in [4.69, 9.17) is 0 Å². The van der Waals surface area contributed by atoms with Gasteiger partial charge in [0.05, 0.1) is 17.2 Å². The van der Waals surface area contributed by atoms with Crippen molar-refractivity contribution >= 4 is 15.8 Å². The number of hydrogen-bond donors (Lipinski definition) is 1. The van der Waals surface area contributed by atoms with Crippen molar-refractivity contribution in [3.8, 4) is 0 Å². The van der Waals surface area contributed by atoms with Crippen LogP contribution in [0.25, 0.3) is 0 Å². The van der Waals surface area contributed by atoms with E-state index in [0.29, 0.717) is 24.1 Å². The first-order valence-electron chi connectivity index (χ1n) is 6.53. The van der Waals surface area contributed by atoms with Gasteiger partial charge in [0, 0.05) is 18.8 Å². The Balaban J connectivity index is 1.63. The minimum Gasteiger partial charge on any atom is -0.355 e. The van der Waals surface area contributed by atoms with E-state index in [2.05, 4.69) is 21.1 Å². The molecule has 6 heteroatoms. The number of imidazole rings is 1. The minimum absolute atomic E-state index is 0.236. The van der Waals surface area contributed by atoms with Crippen LogP contribution in [0.15, 0.2) is 6.20 Å². The predicted octanol–water partition coefficient (Wildman–Crippen LogP) is 1.37. The van der Waals surface area contributed by atoms with Crippen molar-refractivity contribution in [1.29, 1.82) is 0 Å². The van der Waals surface area contributed by atoms with Crippen molar-refractivity contribution < 1.29 is 8.42 Å². The van der Waals surface area contributed by atoms with E-state index in [1.807, 2.05) is 6.92 Å². The fourth-order valence-corrected chi connectivity index (χ4v) is 4.41. The Morgan fingerprint density at radius 3 is 2.83 bits per heavy atom. The lowest BCUT2D eigenvalue weighted by Gasteiger charge is -2.11. The van der Waals surface area contributed by atoms with E-state index in [0.717, 1.165) is 18.1 Å². The fourth-order valence-electron chi connectivity index (χ4n) is 2.55. The SMILES string of the molecule is Cc1cn(C2CC2)c(NCC2CCS(=O)(=O)C2)n1. The molecule has 1 saturated heterocycles. The Morgan fingerprint density at radius 2 is 2.22 bits per heavy atom. The van der Waals surface area contributed by atoms with Gasteiger partial charge in [0.15, 0.2) is 9.84 Å². The van der Waals surface area contributed by atoms with Gasteiger partial charge in [-0.2, -0.15) is 0 Å². The number of nitrogens with zero attached hydrogens (tertiary/aromatic N) is 2. The van der Waals surface area contributed by atoms with Gasteiger partial charge in [-0.15, -0.1) is 0 Å². The van der Waals surface area contributed by atoms with Crippen LogP contribution in [-0.2, 0) is 9.84 Å². The van der Waals surface area contributed by atoms with Gasteiger partial charge in [-0.3, -0.25) is 0 Å². The third kappa shape index (κ3) is 2.53. The normalized spacial score (nSPS) is 26.4. The van der Waals surface area contributed by atoms with E-state index >= 15 is 0 Å². The quantitative estimate of drug-likeness (QED) is 0.896. The van der Waals surface area contributed by atoms with Gasteiger partial charge >= 0.3 is 0 Å². The molecule has 100 valence electrons. The summed E-state index contributed by atoms with van der Waals surface area (Å²) in [5.74, 6) is 1.80. The molecular weight excluding hydrogens is 250 g/mol. The molecule has 2 heterocycles. The maximum Gasteiger partial charge on any atom is 0.203 e. The van der Waals surface area contributed by atoms with Crippen LogP contribution >= 0.6 is 0 Å². The molecule has 0 bridgehead atoms. The monoisotopic (exact) mass is 269 g/mol. The zero-order valence-electron chi connectivity index (χ0n) is 10.6. The first-order valence-corrected chi connectivity index (χ1v) is 8.35. The van der Waals surface area contributed by atoms with Crippen LogP contribution in [-0.4, -0.2) is 36.0 Å². The molecule has 0 amide bonds. The number of rotatable bonds is 4. The molecule has 2 fully saturated rings. The third-order valence-electron chi connectivity index (χ3n) is 3.67. The first-order chi connectivity index (χ1) is 8.53. The molecule has 1 saturated carbocycles. The summed E-state index contributed by atoms with van der Waals surface area (Å²) in [6.45, 7) is 2.70. The molecule has 0 radical (unpaired) electrons. The van der Waals surface area contributed by atoms with Gasteiger partial charge < -0.3 is 9.88 Å². The van der Waals surface area contributed by atoms with Crippen LogP contribution in [0.2, 0.25) is 0 Å². The molecular formula is C12H19N3O2S. The molecule has 3 rings (SSSR count). The summed E-state index contributed by atoms with van der Waals surface area (Å²) in [5, 5.41) is 3.32. The summed E-state index contributed by atoms with van der Waals surface area (Å²) in [6.07, 6.45) is 5.30. The number of hydrogen-bond acceptors (Lipinski definition) is 4. The number of nitrogens with one attached hydrogen (secondary N) is 1. The van der Waals surface area contributed by atoms with Gasteiger partial charge in [-0.05, 0) is 32.1 Å². The van der Waals surface area contributed by atoms with Crippen molar-refractivity contribution in [2.45, 2.75) is 32.2 Å². The third-order valence-corrected chi connectivity index (χ3v) is 5.51. The highest BCUT2D eigenvalue weighted by Crippen LogP contribution is 2.37. The zero-order valence-corrected chi connectivity index (χ0v) is 11.4. The number of aryl methyl sites for hydroxylation is 1. The second-order valence-corrected chi connectivity index (χ2v) is 7.72. The molecule has 18 heavy (non-hydrogen) atoms. The van der Waals surface area contributed by atoms with Gasteiger partial charge in [-0.1, -0.05) is 0 Å². The molecule has 0 aromatic carbocycles. The highest BCUT2D eigenvalue weighted by molar-refractivity contribution is 7.91. The van der Waals surface area contributed by atoms with Gasteiger partial charge in [0.1, 0.15) is 0 Å². The Labute approximate surface area is 108 Å². The van der Waals surface area contributed by atoms with Crippen LogP contribution in [0.5, 0.6) is 0 Å². The average Bonchev–Trinajstić information content (AvgIpc) is 2.99. The number of anilines is 1. The van der Waals surface area contributed by atoms with E-state index in [-0.39, 0.29) is 5.92 Å². The summed E-state index contributed by atoms with van der Waals surface area (Å²) in [5.41, 5.74) is 1.02. The Bertz CT molecular complexity index is 546. The van der Waals surface area contributed by atoms with E-state index in [1.54, 1.807) is 0 Å². The molecule has 0 spiro atoms. The highest BCUT2D eigenvalue weighted by atomic mass is 32.2. The lowest BCUT2D eigenvalue weighted by atomic mass is 10.1. The summed E-state index contributed by atoms with van der Waals surface area (Å²) >= 11 is 0. The minimum atomic E-state index is -2.78. The molecule has 1 atom stereocenters. The molecule has 2 aliphatic rings. The molecule has 5 nitrogen and oxygen atoms in total. The van der Waals surface area contributed by atoms with Crippen molar-refractivity contribution in [3.63, 3.8) is 0 Å². The lowest BCUT2D eigenvalue weighted by Crippen LogP contribution is -2.17. The van der Waals surface area contributed by atoms with E-state index in [1.165, 1.54) is 12.8 Å². The standard InChI is InChI=1S/C12H19N3O2S/c1-9-7-15(11-2-3-11)12(14-9)13-6-10-4-5-18(16,17)8-10/h7,10-11H,2-6,8H2,1H3,(H,13,14). The molecule has 1 aromatic heterocycles. The van der Waals surface area contributed by atoms with Crippen molar-refractivity contribution in [2.75, 3.05) is 23.4 Å². The van der Waals surface area contributed by atoms with Gasteiger partial charge in [-0.25, -0.2) is 13.4 Å². The largest absolute Gasteiger partial charge is 0.355 e. The Morgan fingerprint density at radius 1 is 1.44 bits per heavy atom. The lowest BCUT2D eigenvalue weighted by molar-refractivity contribution is 0.594. The smallest absolute Gasteiger partial charge is 0.203 e. The van der Waals surface area contributed by atoms with Crippen LogP contribution in [0.3, 0.4) is 0 Å². The average molecular weight is 269 g/mol. The van der Waals surface area contributed by atoms with Crippen LogP contribution in [0, 0.1) is 12.8 Å². The van der Waals surface area contributed by atoms with Crippen LogP contribution < -0.4 is 5.32 Å². The van der Waals surface area contributed by atoms with Crippen molar-refractivity contribution in [1.82, 2.24) is 9.55 Å². The van der Waals surface area contributed by atoms with Gasteiger partial charge in [0.2, 0.25) is 5.95 Å². The summed E-state index contributed by atoms with van der Waals surface area (Å²) in [6, 6.07) is 0.598. The molecule has 1 aliphatic carbocycles. The van der Waals surface area contributed by atoms with Crippen molar-refractivity contribution in [3.05, 3.63) is 11.9 Å². The summed E-state index contributed by atoms with van der Waals surface area (Å²) in [7, 11) is -2.78. The second-order valence-electron chi connectivity index (χ2n) is 5.49. The Kier molecular flexibility index (Phi) is 2.84. The number of sulfone groups is 1. The second kappa shape index (κ2) is 4.26. The van der Waals surface area contributed by atoms with Crippen LogP contribution in [0.1, 0.15) is 31.0 Å². The van der Waals surface area contributed by atoms with Gasteiger partial charge in [0.25, 0.3) is 0 Å². The van der Waals surface area contributed by atoms with Crippen molar-refractivity contribution in [2.24, 2.45) is 5.92 Å². The van der Waals surface area contributed by atoms with E-state index < -0.39 is 9.84 Å². The molecule has 1 unspecified atom stereocenters. The molecule has 1 aromatic rings. The predicted molar refractivity (Wildman–Crippen MR) is 70.5 cm³/mol. The molecule has 1 aliphatic heterocycles. The zero-order chi connectivity index (χ0) is 12.8. The first kappa shape index (κ1) is 12.0. The topological polar surface area (TPSA) is 64.0 Å². The highest BCUT2D eigenvalue weighted by Gasteiger charge is 2.29. The maximum absolute atomic E-state index is 11.4.